The predicted octanol–water partition coefficient (Wildman–Crippen LogP) is 2.71. The molecule has 3 aromatic rings. The van der Waals surface area contributed by atoms with E-state index in [1.54, 1.807) is 12.3 Å². The molecular weight excluding hydrogens is 382 g/mol. The Hall–Kier alpha value is -2.61. The van der Waals surface area contributed by atoms with Crippen molar-refractivity contribution in [1.29, 1.82) is 0 Å². The van der Waals surface area contributed by atoms with E-state index in [4.69, 9.17) is 4.42 Å². The molecule has 0 radical (unpaired) electrons. The van der Waals surface area contributed by atoms with Crippen LogP contribution in [0.3, 0.4) is 0 Å². The molecule has 30 heavy (non-hydrogen) atoms. The van der Waals surface area contributed by atoms with Crippen LogP contribution in [0.15, 0.2) is 27.6 Å². The topological polar surface area (TPSA) is 84.8 Å². The Kier molecular flexibility index (Phi) is 6.22. The Balaban J connectivity index is 1.25. The molecule has 0 saturated carbocycles. The number of piperidine rings is 1. The molecule has 1 aliphatic heterocycles. The number of likely N-dealkylation sites (tertiary alicyclic amines) is 1. The predicted molar refractivity (Wildman–Crippen MR) is 116 cm³/mol. The second-order valence-electron chi connectivity index (χ2n) is 8.30. The van der Waals surface area contributed by atoms with Crippen LogP contribution >= 0.6 is 0 Å². The number of hydrogen-bond acceptors (Lipinski definition) is 5. The third-order valence-corrected chi connectivity index (χ3v) is 6.12. The van der Waals surface area contributed by atoms with Crippen molar-refractivity contribution in [3.63, 3.8) is 0 Å². The molecule has 1 fully saturated rings. The first kappa shape index (κ1) is 20.7. The summed E-state index contributed by atoms with van der Waals surface area (Å²) >= 11 is 0. The minimum Gasteiger partial charge on any atom is -0.463 e. The van der Waals surface area contributed by atoms with Gasteiger partial charge in [-0.25, -0.2) is 4.68 Å². The maximum Gasteiger partial charge on any atom is 0.291 e. The molecular formula is C22H31N5O3. The Morgan fingerprint density at radius 3 is 2.97 bits per heavy atom. The third-order valence-electron chi connectivity index (χ3n) is 6.12. The fourth-order valence-electron chi connectivity index (χ4n) is 4.46. The van der Waals surface area contributed by atoms with Crippen LogP contribution < -0.4 is 10.9 Å². The summed E-state index contributed by atoms with van der Waals surface area (Å²) in [5.41, 5.74) is 1.90. The number of amides is 1. The highest BCUT2D eigenvalue weighted by Gasteiger charge is 2.17. The molecule has 4 rings (SSSR count). The lowest BCUT2D eigenvalue weighted by Gasteiger charge is -2.33. The van der Waals surface area contributed by atoms with E-state index in [9.17, 15) is 9.59 Å². The van der Waals surface area contributed by atoms with Crippen LogP contribution in [0.25, 0.3) is 16.6 Å². The standard InChI is InChI=1S/C22H31N5O3/c1-16-7-3-4-11-25(16)12-6-10-23-21(28)8-5-13-26-22(29)19-15-20-18(9-14-30-20)27(19)17(2)24-26/h9,14-16H,3-8,10-13H2,1-2H3,(H,23,28)/t16-/m1/s1. The molecule has 8 heteroatoms. The summed E-state index contributed by atoms with van der Waals surface area (Å²) in [6.07, 6.45) is 7.44. The van der Waals surface area contributed by atoms with Crippen LogP contribution in [-0.4, -0.2) is 50.7 Å². The normalized spacial score (nSPS) is 17.7. The summed E-state index contributed by atoms with van der Waals surface area (Å²) < 4.78 is 8.67. The maximum absolute atomic E-state index is 12.7. The van der Waals surface area contributed by atoms with Gasteiger partial charge in [-0.15, -0.1) is 0 Å². The molecule has 0 bridgehead atoms. The molecule has 3 aromatic heterocycles. The molecule has 0 spiro atoms. The molecule has 8 nitrogen and oxygen atoms in total. The lowest BCUT2D eigenvalue weighted by molar-refractivity contribution is -0.121. The minimum atomic E-state index is -0.164. The van der Waals surface area contributed by atoms with Crippen molar-refractivity contribution in [3.8, 4) is 0 Å². The minimum absolute atomic E-state index is 0.0349. The highest BCUT2D eigenvalue weighted by molar-refractivity contribution is 5.82. The average molecular weight is 414 g/mol. The van der Waals surface area contributed by atoms with Gasteiger partial charge < -0.3 is 14.6 Å². The number of aryl methyl sites for hydroxylation is 2. The SMILES string of the molecule is Cc1nn(CCCC(=O)NCCCN2CCCC[C@H]2C)c(=O)c2cc3occc3n12. The summed E-state index contributed by atoms with van der Waals surface area (Å²) in [6.45, 7) is 7.49. The third kappa shape index (κ3) is 4.28. The fraction of sp³-hybridized carbons (Fsp3) is 0.591. The first-order chi connectivity index (χ1) is 14.5. The van der Waals surface area contributed by atoms with Gasteiger partial charge in [0.1, 0.15) is 11.3 Å². The zero-order chi connectivity index (χ0) is 21.1. The van der Waals surface area contributed by atoms with E-state index in [2.05, 4.69) is 22.2 Å². The number of fused-ring (bicyclic) bond motifs is 3. The molecule has 0 unspecified atom stereocenters. The van der Waals surface area contributed by atoms with Crippen molar-refractivity contribution in [1.82, 2.24) is 24.4 Å². The second-order valence-corrected chi connectivity index (χ2v) is 8.30. The van der Waals surface area contributed by atoms with Gasteiger partial charge in [-0.2, -0.15) is 5.10 Å². The van der Waals surface area contributed by atoms with Crippen LogP contribution in [0, 0.1) is 6.92 Å². The first-order valence-corrected chi connectivity index (χ1v) is 11.0. The number of hydrogen-bond donors (Lipinski definition) is 1. The van der Waals surface area contributed by atoms with E-state index >= 15 is 0 Å². The zero-order valence-electron chi connectivity index (χ0n) is 17.9. The van der Waals surface area contributed by atoms with Crippen molar-refractivity contribution in [3.05, 3.63) is 34.6 Å². The number of nitrogens with one attached hydrogen (secondary N) is 1. The number of carbonyl (C=O) groups excluding carboxylic acids is 1. The van der Waals surface area contributed by atoms with Gasteiger partial charge in [0, 0.05) is 44.2 Å². The zero-order valence-corrected chi connectivity index (χ0v) is 17.9. The van der Waals surface area contributed by atoms with Crippen molar-refractivity contribution in [2.45, 2.75) is 65.0 Å². The molecule has 1 atom stereocenters. The van der Waals surface area contributed by atoms with Gasteiger partial charge >= 0.3 is 0 Å². The monoisotopic (exact) mass is 413 g/mol. The van der Waals surface area contributed by atoms with Crippen LogP contribution in [-0.2, 0) is 11.3 Å². The molecule has 1 amide bonds. The Bertz CT molecular complexity index is 1080. The molecule has 162 valence electrons. The average Bonchev–Trinajstić information content (AvgIpc) is 3.31. The van der Waals surface area contributed by atoms with Crippen molar-refractivity contribution in [2.75, 3.05) is 19.6 Å². The number of aromatic nitrogens is 3. The number of rotatable bonds is 8. The number of carbonyl (C=O) groups is 1. The fourth-order valence-corrected chi connectivity index (χ4v) is 4.46. The van der Waals surface area contributed by atoms with E-state index in [-0.39, 0.29) is 11.5 Å². The van der Waals surface area contributed by atoms with Gasteiger partial charge in [0.2, 0.25) is 5.91 Å². The van der Waals surface area contributed by atoms with Gasteiger partial charge in [-0.1, -0.05) is 6.42 Å². The quantitative estimate of drug-likeness (QED) is 0.574. The smallest absolute Gasteiger partial charge is 0.291 e. The largest absolute Gasteiger partial charge is 0.463 e. The van der Waals surface area contributed by atoms with E-state index in [0.717, 1.165) is 24.3 Å². The Morgan fingerprint density at radius 1 is 1.27 bits per heavy atom. The number of furan rings is 1. The van der Waals surface area contributed by atoms with Gasteiger partial charge in [-0.3, -0.25) is 14.0 Å². The Labute approximate surface area is 175 Å². The lowest BCUT2D eigenvalue weighted by atomic mass is 10.0. The summed E-state index contributed by atoms with van der Waals surface area (Å²) in [7, 11) is 0. The van der Waals surface area contributed by atoms with Crippen molar-refractivity contribution >= 4 is 22.5 Å². The second kappa shape index (κ2) is 9.04. The molecule has 0 aromatic carbocycles. The highest BCUT2D eigenvalue weighted by Crippen LogP contribution is 2.20. The van der Waals surface area contributed by atoms with Crippen LogP contribution in [0.4, 0.5) is 0 Å². The molecule has 1 aliphatic rings. The Morgan fingerprint density at radius 2 is 2.13 bits per heavy atom. The van der Waals surface area contributed by atoms with Crippen LogP contribution in [0.1, 0.15) is 51.3 Å². The van der Waals surface area contributed by atoms with E-state index in [1.165, 1.54) is 30.5 Å². The summed E-state index contributed by atoms with van der Waals surface area (Å²) in [6, 6.07) is 4.24. The van der Waals surface area contributed by atoms with Gasteiger partial charge in [-0.05, 0) is 46.1 Å². The molecule has 0 aliphatic carbocycles. The van der Waals surface area contributed by atoms with Crippen LogP contribution in [0.5, 0.6) is 0 Å². The molecule has 1 saturated heterocycles. The van der Waals surface area contributed by atoms with Crippen LogP contribution in [0.2, 0.25) is 0 Å². The van der Waals surface area contributed by atoms with Crippen molar-refractivity contribution < 1.29 is 9.21 Å². The van der Waals surface area contributed by atoms with Gasteiger partial charge in [0.05, 0.1) is 11.8 Å². The van der Waals surface area contributed by atoms with Gasteiger partial charge in [0.25, 0.3) is 5.56 Å². The summed E-state index contributed by atoms with van der Waals surface area (Å²) in [5.74, 6) is 0.755. The first-order valence-electron chi connectivity index (χ1n) is 11.0. The van der Waals surface area contributed by atoms with Gasteiger partial charge in [0.15, 0.2) is 5.58 Å². The lowest BCUT2D eigenvalue weighted by Crippen LogP contribution is -2.39. The maximum atomic E-state index is 12.7. The molecule has 4 heterocycles. The van der Waals surface area contributed by atoms with E-state index in [0.29, 0.717) is 43.1 Å². The van der Waals surface area contributed by atoms with E-state index in [1.807, 2.05) is 17.4 Å². The highest BCUT2D eigenvalue weighted by atomic mass is 16.3. The summed E-state index contributed by atoms with van der Waals surface area (Å²) in [5, 5.41) is 7.43. The summed E-state index contributed by atoms with van der Waals surface area (Å²) in [4.78, 5) is 27.4. The van der Waals surface area contributed by atoms with E-state index < -0.39 is 0 Å². The number of nitrogens with zero attached hydrogens (tertiary/aromatic N) is 4. The molecule has 1 N–H and O–H groups in total. The van der Waals surface area contributed by atoms with Crippen molar-refractivity contribution in [2.24, 2.45) is 0 Å².